The minimum atomic E-state index is 0.657. The Bertz CT molecular complexity index is 408. The minimum Gasteiger partial charge on any atom is -0.314 e. The summed E-state index contributed by atoms with van der Waals surface area (Å²) in [5.74, 6) is 0.783. The van der Waals surface area contributed by atoms with E-state index in [0.717, 1.165) is 18.5 Å². The Morgan fingerprint density at radius 3 is 2.70 bits per heavy atom. The second-order valence-corrected chi connectivity index (χ2v) is 6.66. The zero-order valence-corrected chi connectivity index (χ0v) is 13.5. The van der Waals surface area contributed by atoms with E-state index < -0.39 is 0 Å². The van der Waals surface area contributed by atoms with Crippen molar-refractivity contribution in [1.29, 1.82) is 0 Å². The lowest BCUT2D eigenvalue weighted by Crippen LogP contribution is -2.41. The molecule has 1 N–H and O–H groups in total. The van der Waals surface area contributed by atoms with Gasteiger partial charge in [0.1, 0.15) is 0 Å². The lowest BCUT2D eigenvalue weighted by molar-refractivity contribution is 0.253. The fourth-order valence-electron chi connectivity index (χ4n) is 2.87. The molecule has 1 saturated carbocycles. The van der Waals surface area contributed by atoms with E-state index in [0.29, 0.717) is 6.04 Å². The van der Waals surface area contributed by atoms with Crippen LogP contribution in [0.5, 0.6) is 0 Å². The molecule has 1 fully saturated rings. The van der Waals surface area contributed by atoms with Gasteiger partial charge in [0.25, 0.3) is 0 Å². The van der Waals surface area contributed by atoms with Crippen LogP contribution in [0.2, 0.25) is 0 Å². The van der Waals surface area contributed by atoms with Crippen molar-refractivity contribution in [2.75, 3.05) is 20.1 Å². The molecular weight excluding hydrogens is 244 g/mol. The summed E-state index contributed by atoms with van der Waals surface area (Å²) < 4.78 is 0. The maximum absolute atomic E-state index is 3.70. The van der Waals surface area contributed by atoms with Crippen LogP contribution < -0.4 is 5.32 Å². The van der Waals surface area contributed by atoms with Gasteiger partial charge in [-0.05, 0) is 71.7 Å². The lowest BCUT2D eigenvalue weighted by atomic mass is 9.75. The molecular formula is C18H30N2. The van der Waals surface area contributed by atoms with E-state index in [1.54, 1.807) is 0 Å². The average molecular weight is 274 g/mol. The Kier molecular flexibility index (Phi) is 5.62. The van der Waals surface area contributed by atoms with Crippen LogP contribution in [0.1, 0.15) is 50.2 Å². The third kappa shape index (κ3) is 4.32. The van der Waals surface area contributed by atoms with Crippen molar-refractivity contribution in [3.05, 3.63) is 35.4 Å². The van der Waals surface area contributed by atoms with Crippen molar-refractivity contribution < 1.29 is 0 Å². The van der Waals surface area contributed by atoms with Gasteiger partial charge in [0.15, 0.2) is 0 Å². The first-order chi connectivity index (χ1) is 9.56. The molecule has 112 valence electrons. The number of benzene rings is 1. The van der Waals surface area contributed by atoms with Crippen LogP contribution in [-0.2, 0) is 0 Å². The SMILES string of the molecule is Cc1cccc(C2CC(NCCCN(C)C(C)C)C2)c1. The highest BCUT2D eigenvalue weighted by Gasteiger charge is 2.29. The van der Waals surface area contributed by atoms with Crippen molar-refractivity contribution in [3.8, 4) is 0 Å². The second-order valence-electron chi connectivity index (χ2n) is 6.66. The highest BCUT2D eigenvalue weighted by atomic mass is 15.1. The summed E-state index contributed by atoms with van der Waals surface area (Å²) in [5, 5.41) is 3.70. The van der Waals surface area contributed by atoms with Gasteiger partial charge >= 0.3 is 0 Å². The van der Waals surface area contributed by atoms with Crippen LogP contribution in [-0.4, -0.2) is 37.1 Å². The van der Waals surface area contributed by atoms with Crippen molar-refractivity contribution in [3.63, 3.8) is 0 Å². The molecule has 1 aromatic rings. The van der Waals surface area contributed by atoms with E-state index >= 15 is 0 Å². The molecule has 0 heterocycles. The molecule has 0 amide bonds. The summed E-state index contributed by atoms with van der Waals surface area (Å²) >= 11 is 0. The lowest BCUT2D eigenvalue weighted by Gasteiger charge is -2.36. The zero-order chi connectivity index (χ0) is 14.5. The molecule has 0 atom stereocenters. The fraction of sp³-hybridized carbons (Fsp3) is 0.667. The first-order valence-electron chi connectivity index (χ1n) is 8.06. The Morgan fingerprint density at radius 1 is 1.30 bits per heavy atom. The maximum atomic E-state index is 3.70. The van der Waals surface area contributed by atoms with Crippen molar-refractivity contribution >= 4 is 0 Å². The highest BCUT2D eigenvalue weighted by molar-refractivity contribution is 5.27. The Labute approximate surface area is 124 Å². The molecule has 1 aliphatic rings. The average Bonchev–Trinajstić information content (AvgIpc) is 2.35. The second kappa shape index (κ2) is 7.24. The molecule has 2 heteroatoms. The van der Waals surface area contributed by atoms with Gasteiger partial charge in [-0.15, -0.1) is 0 Å². The van der Waals surface area contributed by atoms with Crippen molar-refractivity contribution in [2.24, 2.45) is 0 Å². The standard InChI is InChI=1S/C18H30N2/c1-14(2)20(4)10-6-9-19-18-12-17(13-18)16-8-5-7-15(3)11-16/h5,7-8,11,14,17-19H,6,9-10,12-13H2,1-4H3. The summed E-state index contributed by atoms with van der Waals surface area (Å²) in [7, 11) is 2.21. The molecule has 2 nitrogen and oxygen atoms in total. The van der Waals surface area contributed by atoms with Crippen LogP contribution >= 0.6 is 0 Å². The third-order valence-corrected chi connectivity index (χ3v) is 4.65. The van der Waals surface area contributed by atoms with Crippen LogP contribution in [0.4, 0.5) is 0 Å². The quantitative estimate of drug-likeness (QED) is 0.765. The predicted molar refractivity (Wildman–Crippen MR) is 87.3 cm³/mol. The van der Waals surface area contributed by atoms with Crippen molar-refractivity contribution in [2.45, 2.75) is 58.0 Å². The predicted octanol–water partition coefficient (Wildman–Crippen LogP) is 3.56. The molecule has 0 spiro atoms. The van der Waals surface area contributed by atoms with Crippen molar-refractivity contribution in [1.82, 2.24) is 10.2 Å². The Morgan fingerprint density at radius 2 is 2.05 bits per heavy atom. The molecule has 0 saturated heterocycles. The summed E-state index contributed by atoms with van der Waals surface area (Å²) in [5.41, 5.74) is 2.92. The van der Waals surface area contributed by atoms with Gasteiger partial charge in [0.2, 0.25) is 0 Å². The highest BCUT2D eigenvalue weighted by Crippen LogP contribution is 2.36. The number of nitrogens with zero attached hydrogens (tertiary/aromatic N) is 1. The number of aryl methyl sites for hydroxylation is 1. The zero-order valence-electron chi connectivity index (χ0n) is 13.5. The van der Waals surface area contributed by atoms with Crippen LogP contribution in [0, 0.1) is 6.92 Å². The van der Waals surface area contributed by atoms with Gasteiger partial charge in [-0.1, -0.05) is 29.8 Å². The first-order valence-corrected chi connectivity index (χ1v) is 8.06. The van der Waals surface area contributed by atoms with E-state index in [1.165, 1.54) is 36.9 Å². The van der Waals surface area contributed by atoms with Crippen LogP contribution in [0.25, 0.3) is 0 Å². The molecule has 2 rings (SSSR count). The molecule has 0 bridgehead atoms. The smallest absolute Gasteiger partial charge is 0.00787 e. The molecule has 20 heavy (non-hydrogen) atoms. The summed E-state index contributed by atoms with van der Waals surface area (Å²) in [4.78, 5) is 2.41. The fourth-order valence-corrected chi connectivity index (χ4v) is 2.87. The maximum Gasteiger partial charge on any atom is 0.00787 e. The van der Waals surface area contributed by atoms with E-state index in [-0.39, 0.29) is 0 Å². The molecule has 0 aromatic heterocycles. The van der Waals surface area contributed by atoms with Gasteiger partial charge in [0.05, 0.1) is 0 Å². The number of hydrogen-bond acceptors (Lipinski definition) is 2. The normalized spacial score (nSPS) is 22.3. The van der Waals surface area contributed by atoms with E-state index in [2.05, 4.69) is 62.3 Å². The summed E-state index contributed by atoms with van der Waals surface area (Å²) in [6, 6.07) is 10.4. The number of hydrogen-bond donors (Lipinski definition) is 1. The van der Waals surface area contributed by atoms with Crippen LogP contribution in [0.15, 0.2) is 24.3 Å². The van der Waals surface area contributed by atoms with E-state index in [9.17, 15) is 0 Å². The molecule has 0 aliphatic heterocycles. The number of nitrogens with one attached hydrogen (secondary N) is 1. The molecule has 1 aliphatic carbocycles. The largest absolute Gasteiger partial charge is 0.314 e. The van der Waals surface area contributed by atoms with Gasteiger partial charge in [-0.25, -0.2) is 0 Å². The molecule has 0 unspecified atom stereocenters. The third-order valence-electron chi connectivity index (χ3n) is 4.65. The minimum absolute atomic E-state index is 0.657. The molecule has 0 radical (unpaired) electrons. The van der Waals surface area contributed by atoms with E-state index in [4.69, 9.17) is 0 Å². The Hall–Kier alpha value is -0.860. The molecule has 1 aromatic carbocycles. The van der Waals surface area contributed by atoms with Gasteiger partial charge < -0.3 is 10.2 Å². The van der Waals surface area contributed by atoms with Gasteiger partial charge in [0, 0.05) is 12.1 Å². The Balaban J connectivity index is 1.60. The van der Waals surface area contributed by atoms with E-state index in [1.807, 2.05) is 0 Å². The first kappa shape index (κ1) is 15.5. The monoisotopic (exact) mass is 274 g/mol. The summed E-state index contributed by atoms with van der Waals surface area (Å²) in [6.45, 7) is 9.04. The number of rotatable bonds is 7. The van der Waals surface area contributed by atoms with Gasteiger partial charge in [-0.3, -0.25) is 0 Å². The summed E-state index contributed by atoms with van der Waals surface area (Å²) in [6.07, 6.45) is 3.87. The topological polar surface area (TPSA) is 15.3 Å². The van der Waals surface area contributed by atoms with Gasteiger partial charge in [-0.2, -0.15) is 0 Å². The van der Waals surface area contributed by atoms with Crippen LogP contribution in [0.3, 0.4) is 0 Å².